The molecular formula is C20H22N6O3. The summed E-state index contributed by atoms with van der Waals surface area (Å²) >= 11 is 0. The standard InChI is InChI=1S/C20H22N6O3/c1-12(13-5-3-2-4-6-13)23-19(28)24-16-9-15-14(10-21-16)17(26-25-15)18(27)22-11-20(29)7-8-20/h2-6,9-10,12,29H,7-8,11H2,1H3,(H,22,27)(H,25,26)(H2,21,23,24,28)/t12-/m1/s1. The summed E-state index contributed by atoms with van der Waals surface area (Å²) in [5.41, 5.74) is 0.986. The van der Waals surface area contributed by atoms with Gasteiger partial charge in [-0.2, -0.15) is 5.10 Å². The van der Waals surface area contributed by atoms with Crippen LogP contribution in [0.1, 0.15) is 41.9 Å². The quantitative estimate of drug-likeness (QED) is 0.437. The van der Waals surface area contributed by atoms with Gasteiger partial charge in [0.2, 0.25) is 0 Å². The Labute approximate surface area is 166 Å². The zero-order valence-corrected chi connectivity index (χ0v) is 15.9. The molecule has 1 saturated carbocycles. The number of carbonyl (C=O) groups is 2. The van der Waals surface area contributed by atoms with Gasteiger partial charge in [-0.15, -0.1) is 0 Å². The summed E-state index contributed by atoms with van der Waals surface area (Å²) in [6.07, 6.45) is 2.86. The normalized spacial score (nSPS) is 15.5. The summed E-state index contributed by atoms with van der Waals surface area (Å²) in [5, 5.41) is 25.4. The summed E-state index contributed by atoms with van der Waals surface area (Å²) in [6, 6.07) is 10.7. The monoisotopic (exact) mass is 394 g/mol. The number of aliphatic hydroxyl groups is 1. The van der Waals surface area contributed by atoms with Gasteiger partial charge in [-0.25, -0.2) is 9.78 Å². The molecule has 0 saturated heterocycles. The van der Waals surface area contributed by atoms with Crippen molar-refractivity contribution in [2.45, 2.75) is 31.4 Å². The second-order valence-electron chi connectivity index (χ2n) is 7.33. The van der Waals surface area contributed by atoms with Crippen LogP contribution >= 0.6 is 0 Å². The molecule has 3 aromatic rings. The molecule has 2 aromatic heterocycles. The molecule has 4 rings (SSSR count). The van der Waals surface area contributed by atoms with Crippen LogP contribution in [0, 0.1) is 0 Å². The number of carbonyl (C=O) groups excluding carboxylic acids is 2. The fourth-order valence-corrected chi connectivity index (χ4v) is 2.98. The van der Waals surface area contributed by atoms with E-state index in [9.17, 15) is 14.7 Å². The molecule has 0 radical (unpaired) electrons. The predicted molar refractivity (Wildman–Crippen MR) is 107 cm³/mol. The van der Waals surface area contributed by atoms with Crippen LogP contribution in [0.3, 0.4) is 0 Å². The Bertz CT molecular complexity index is 1040. The number of aromatic amines is 1. The van der Waals surface area contributed by atoms with Crippen molar-refractivity contribution < 1.29 is 14.7 Å². The molecule has 9 heteroatoms. The van der Waals surface area contributed by atoms with Gasteiger partial charge in [0.1, 0.15) is 5.82 Å². The van der Waals surface area contributed by atoms with Crippen molar-refractivity contribution in [2.24, 2.45) is 0 Å². The van der Waals surface area contributed by atoms with Crippen LogP contribution < -0.4 is 16.0 Å². The van der Waals surface area contributed by atoms with Crippen LogP contribution in [-0.2, 0) is 0 Å². The Kier molecular flexibility index (Phi) is 4.89. The summed E-state index contributed by atoms with van der Waals surface area (Å²) in [5.74, 6) is -0.0494. The zero-order valence-electron chi connectivity index (χ0n) is 15.9. The number of pyridine rings is 1. The van der Waals surface area contributed by atoms with E-state index in [1.807, 2.05) is 37.3 Å². The van der Waals surface area contributed by atoms with Gasteiger partial charge in [0.15, 0.2) is 5.69 Å². The molecule has 0 unspecified atom stereocenters. The Morgan fingerprint density at radius 3 is 2.76 bits per heavy atom. The second kappa shape index (κ2) is 7.51. The predicted octanol–water partition coefficient (Wildman–Crippen LogP) is 2.10. The molecule has 0 spiro atoms. The number of anilines is 1. The van der Waals surface area contributed by atoms with Crippen LogP contribution in [-0.4, -0.2) is 44.4 Å². The number of hydrogen-bond donors (Lipinski definition) is 5. The smallest absolute Gasteiger partial charge is 0.320 e. The molecule has 9 nitrogen and oxygen atoms in total. The van der Waals surface area contributed by atoms with Crippen molar-refractivity contribution in [3.8, 4) is 0 Å². The average Bonchev–Trinajstić information content (AvgIpc) is 3.31. The molecule has 1 aliphatic rings. The van der Waals surface area contributed by atoms with E-state index >= 15 is 0 Å². The minimum absolute atomic E-state index is 0.163. The summed E-state index contributed by atoms with van der Waals surface area (Å²) in [4.78, 5) is 28.8. The van der Waals surface area contributed by atoms with E-state index in [2.05, 4.69) is 31.1 Å². The lowest BCUT2D eigenvalue weighted by molar-refractivity contribution is 0.0893. The number of H-pyrrole nitrogens is 1. The molecule has 3 amide bonds. The molecule has 29 heavy (non-hydrogen) atoms. The van der Waals surface area contributed by atoms with Crippen molar-refractivity contribution in [1.29, 1.82) is 0 Å². The lowest BCUT2D eigenvalue weighted by Crippen LogP contribution is -2.33. The van der Waals surface area contributed by atoms with Gasteiger partial charge < -0.3 is 15.7 Å². The van der Waals surface area contributed by atoms with Crippen LogP contribution in [0.5, 0.6) is 0 Å². The highest BCUT2D eigenvalue weighted by molar-refractivity contribution is 6.05. The van der Waals surface area contributed by atoms with Gasteiger partial charge in [0.05, 0.1) is 22.5 Å². The fourth-order valence-electron chi connectivity index (χ4n) is 2.98. The molecule has 1 aromatic carbocycles. The first kappa shape index (κ1) is 18.9. The summed E-state index contributed by atoms with van der Waals surface area (Å²) < 4.78 is 0. The van der Waals surface area contributed by atoms with Crippen LogP contribution in [0.4, 0.5) is 10.6 Å². The molecule has 5 N–H and O–H groups in total. The number of fused-ring (bicyclic) bond motifs is 1. The number of aromatic nitrogens is 3. The minimum Gasteiger partial charge on any atom is -0.388 e. The van der Waals surface area contributed by atoms with Crippen molar-refractivity contribution in [2.75, 3.05) is 11.9 Å². The molecule has 0 bridgehead atoms. The van der Waals surface area contributed by atoms with E-state index in [1.165, 1.54) is 6.20 Å². The third-order valence-corrected chi connectivity index (χ3v) is 4.96. The van der Waals surface area contributed by atoms with E-state index in [4.69, 9.17) is 0 Å². The zero-order chi connectivity index (χ0) is 20.4. The largest absolute Gasteiger partial charge is 0.388 e. The molecule has 0 aliphatic heterocycles. The highest BCUT2D eigenvalue weighted by Crippen LogP contribution is 2.34. The van der Waals surface area contributed by atoms with Crippen LogP contribution in [0.2, 0.25) is 0 Å². The number of urea groups is 1. The number of nitrogens with one attached hydrogen (secondary N) is 4. The van der Waals surface area contributed by atoms with Crippen molar-refractivity contribution in [3.63, 3.8) is 0 Å². The lowest BCUT2D eigenvalue weighted by atomic mass is 10.1. The molecule has 1 atom stereocenters. The highest BCUT2D eigenvalue weighted by Gasteiger charge is 2.40. The van der Waals surface area contributed by atoms with E-state index in [-0.39, 0.29) is 30.2 Å². The maximum atomic E-state index is 12.3. The van der Waals surface area contributed by atoms with Gasteiger partial charge >= 0.3 is 6.03 Å². The van der Waals surface area contributed by atoms with Crippen LogP contribution in [0.25, 0.3) is 10.9 Å². The highest BCUT2D eigenvalue weighted by atomic mass is 16.3. The molecule has 2 heterocycles. The number of benzene rings is 1. The molecule has 1 aliphatic carbocycles. The van der Waals surface area contributed by atoms with E-state index in [1.54, 1.807) is 6.07 Å². The fraction of sp³-hybridized carbons (Fsp3) is 0.300. The lowest BCUT2D eigenvalue weighted by Gasteiger charge is -2.14. The molecule has 150 valence electrons. The third-order valence-electron chi connectivity index (χ3n) is 4.96. The van der Waals surface area contributed by atoms with E-state index < -0.39 is 5.60 Å². The number of hydrogen-bond acceptors (Lipinski definition) is 5. The van der Waals surface area contributed by atoms with E-state index in [0.29, 0.717) is 29.6 Å². The average molecular weight is 394 g/mol. The number of nitrogens with zero attached hydrogens (tertiary/aromatic N) is 2. The van der Waals surface area contributed by atoms with Gasteiger partial charge in [-0.3, -0.25) is 15.2 Å². The van der Waals surface area contributed by atoms with Crippen molar-refractivity contribution >= 4 is 28.7 Å². The van der Waals surface area contributed by atoms with Gasteiger partial charge in [-0.05, 0) is 25.3 Å². The Morgan fingerprint density at radius 1 is 1.28 bits per heavy atom. The van der Waals surface area contributed by atoms with E-state index in [0.717, 1.165) is 5.56 Å². The van der Waals surface area contributed by atoms with Crippen molar-refractivity contribution in [1.82, 2.24) is 25.8 Å². The Morgan fingerprint density at radius 2 is 2.03 bits per heavy atom. The van der Waals surface area contributed by atoms with Gasteiger partial charge in [0, 0.05) is 18.8 Å². The number of amides is 3. The first-order valence-corrected chi connectivity index (χ1v) is 9.41. The summed E-state index contributed by atoms with van der Waals surface area (Å²) in [6.45, 7) is 2.09. The second-order valence-corrected chi connectivity index (χ2v) is 7.33. The minimum atomic E-state index is -0.776. The molecular weight excluding hydrogens is 372 g/mol. The number of rotatable bonds is 6. The maximum absolute atomic E-state index is 12.3. The first-order valence-electron chi connectivity index (χ1n) is 9.41. The summed E-state index contributed by atoms with van der Waals surface area (Å²) in [7, 11) is 0. The van der Waals surface area contributed by atoms with Gasteiger partial charge in [-0.1, -0.05) is 30.3 Å². The van der Waals surface area contributed by atoms with Crippen LogP contribution in [0.15, 0.2) is 42.6 Å². The van der Waals surface area contributed by atoms with Gasteiger partial charge in [0.25, 0.3) is 5.91 Å². The Balaban J connectivity index is 1.40. The Hall–Kier alpha value is -3.46. The third kappa shape index (κ3) is 4.35. The first-order chi connectivity index (χ1) is 13.9. The van der Waals surface area contributed by atoms with Crippen molar-refractivity contribution in [3.05, 3.63) is 53.9 Å². The SMILES string of the molecule is C[C@@H](NC(=O)Nc1cc2[nH]nc(C(=O)NCC3(O)CC3)c2cn1)c1ccccc1. The topological polar surface area (TPSA) is 132 Å². The maximum Gasteiger partial charge on any atom is 0.320 e. The molecule has 1 fully saturated rings.